The molecule has 1 aromatic heterocycles. The van der Waals surface area contributed by atoms with Gasteiger partial charge >= 0.3 is 0 Å². The molecule has 0 saturated heterocycles. The van der Waals surface area contributed by atoms with Gasteiger partial charge in [-0.25, -0.2) is 0 Å². The standard InChI is InChI=1S/C13H19N/c1-11-5-7-12(8-6-11)10-13-4-2-3-9-14-13/h2-4,9,11-12H,5-8,10H2,1H3. The van der Waals surface area contributed by atoms with E-state index in [2.05, 4.69) is 24.0 Å². The first-order chi connectivity index (χ1) is 6.84. The van der Waals surface area contributed by atoms with Gasteiger partial charge < -0.3 is 0 Å². The van der Waals surface area contributed by atoms with Crippen molar-refractivity contribution in [1.82, 2.24) is 4.98 Å². The second-order valence-corrected chi connectivity index (χ2v) is 4.65. The minimum Gasteiger partial charge on any atom is -0.261 e. The maximum absolute atomic E-state index is 4.39. The zero-order valence-corrected chi connectivity index (χ0v) is 8.95. The molecule has 2 rings (SSSR count). The summed E-state index contributed by atoms with van der Waals surface area (Å²) in [5.41, 5.74) is 1.27. The molecule has 0 spiro atoms. The minimum absolute atomic E-state index is 0.890. The average Bonchev–Trinajstić information content (AvgIpc) is 2.23. The molecule has 1 saturated carbocycles. The second kappa shape index (κ2) is 4.59. The molecule has 0 amide bonds. The maximum Gasteiger partial charge on any atom is 0.0406 e. The zero-order valence-electron chi connectivity index (χ0n) is 8.95. The van der Waals surface area contributed by atoms with Gasteiger partial charge in [-0.15, -0.1) is 0 Å². The van der Waals surface area contributed by atoms with Gasteiger partial charge in [0.05, 0.1) is 0 Å². The molecule has 14 heavy (non-hydrogen) atoms. The van der Waals surface area contributed by atoms with E-state index in [1.54, 1.807) is 0 Å². The van der Waals surface area contributed by atoms with Crippen LogP contribution in [-0.4, -0.2) is 4.98 Å². The van der Waals surface area contributed by atoms with E-state index < -0.39 is 0 Å². The third-order valence-corrected chi connectivity index (χ3v) is 3.36. The fourth-order valence-electron chi connectivity index (χ4n) is 2.35. The summed E-state index contributed by atoms with van der Waals surface area (Å²) in [6, 6.07) is 6.23. The average molecular weight is 189 g/mol. The van der Waals surface area contributed by atoms with Crippen molar-refractivity contribution in [2.45, 2.75) is 39.0 Å². The van der Waals surface area contributed by atoms with E-state index in [9.17, 15) is 0 Å². The van der Waals surface area contributed by atoms with Gasteiger partial charge in [0.2, 0.25) is 0 Å². The van der Waals surface area contributed by atoms with Crippen molar-refractivity contribution >= 4 is 0 Å². The molecule has 0 aromatic carbocycles. The Balaban J connectivity index is 1.87. The summed E-state index contributed by atoms with van der Waals surface area (Å²) in [4.78, 5) is 4.39. The zero-order chi connectivity index (χ0) is 9.80. The number of rotatable bonds is 2. The third kappa shape index (κ3) is 2.57. The summed E-state index contributed by atoms with van der Waals surface area (Å²) in [7, 11) is 0. The molecule has 0 aliphatic heterocycles. The number of nitrogens with zero attached hydrogens (tertiary/aromatic N) is 1. The van der Waals surface area contributed by atoms with Crippen LogP contribution < -0.4 is 0 Å². The fraction of sp³-hybridized carbons (Fsp3) is 0.615. The normalized spacial score (nSPS) is 27.5. The van der Waals surface area contributed by atoms with Gasteiger partial charge in [-0.1, -0.05) is 25.8 Å². The quantitative estimate of drug-likeness (QED) is 0.694. The van der Waals surface area contributed by atoms with Crippen molar-refractivity contribution in [3.63, 3.8) is 0 Å². The highest BCUT2D eigenvalue weighted by Crippen LogP contribution is 2.30. The molecule has 0 bridgehead atoms. The molecule has 0 N–H and O–H groups in total. The van der Waals surface area contributed by atoms with E-state index in [0.29, 0.717) is 0 Å². The van der Waals surface area contributed by atoms with E-state index in [1.165, 1.54) is 37.8 Å². The Hall–Kier alpha value is -0.850. The van der Waals surface area contributed by atoms with Gasteiger partial charge in [-0.2, -0.15) is 0 Å². The van der Waals surface area contributed by atoms with E-state index in [4.69, 9.17) is 0 Å². The Bertz CT molecular complexity index is 260. The highest BCUT2D eigenvalue weighted by atomic mass is 14.7. The monoisotopic (exact) mass is 189 g/mol. The first kappa shape index (κ1) is 9.70. The molecule has 0 atom stereocenters. The Labute approximate surface area is 86.6 Å². The number of hydrogen-bond acceptors (Lipinski definition) is 1. The van der Waals surface area contributed by atoms with Crippen LogP contribution in [0.25, 0.3) is 0 Å². The highest BCUT2D eigenvalue weighted by molar-refractivity contribution is 5.04. The number of pyridine rings is 1. The first-order valence-electron chi connectivity index (χ1n) is 5.74. The van der Waals surface area contributed by atoms with E-state index in [-0.39, 0.29) is 0 Å². The molecule has 1 heterocycles. The Morgan fingerprint density at radius 2 is 2.00 bits per heavy atom. The van der Waals surface area contributed by atoms with Crippen molar-refractivity contribution in [1.29, 1.82) is 0 Å². The van der Waals surface area contributed by atoms with Crippen molar-refractivity contribution in [3.05, 3.63) is 30.1 Å². The molecular weight excluding hydrogens is 170 g/mol. The molecule has 1 nitrogen and oxygen atoms in total. The maximum atomic E-state index is 4.39. The van der Waals surface area contributed by atoms with Crippen molar-refractivity contribution in [3.8, 4) is 0 Å². The molecular formula is C13H19N. The lowest BCUT2D eigenvalue weighted by atomic mass is 9.81. The smallest absolute Gasteiger partial charge is 0.0406 e. The minimum atomic E-state index is 0.890. The van der Waals surface area contributed by atoms with Gasteiger partial charge in [0, 0.05) is 11.9 Å². The van der Waals surface area contributed by atoms with Crippen molar-refractivity contribution in [2.75, 3.05) is 0 Å². The molecule has 1 fully saturated rings. The van der Waals surface area contributed by atoms with Crippen molar-refractivity contribution < 1.29 is 0 Å². The lowest BCUT2D eigenvalue weighted by Crippen LogP contribution is -2.14. The first-order valence-corrected chi connectivity index (χ1v) is 5.74. The molecule has 76 valence electrons. The van der Waals surface area contributed by atoms with Gasteiger partial charge in [-0.3, -0.25) is 4.98 Å². The number of aromatic nitrogens is 1. The molecule has 0 unspecified atom stereocenters. The Morgan fingerprint density at radius 1 is 1.21 bits per heavy atom. The van der Waals surface area contributed by atoms with Gasteiger partial charge in [-0.05, 0) is 43.2 Å². The molecule has 1 heteroatoms. The van der Waals surface area contributed by atoms with E-state index in [1.807, 2.05) is 12.3 Å². The summed E-state index contributed by atoms with van der Waals surface area (Å²) in [6.45, 7) is 2.37. The summed E-state index contributed by atoms with van der Waals surface area (Å²) in [5.74, 6) is 1.84. The van der Waals surface area contributed by atoms with Crippen LogP contribution in [0.5, 0.6) is 0 Å². The lowest BCUT2D eigenvalue weighted by molar-refractivity contribution is 0.287. The summed E-state index contributed by atoms with van der Waals surface area (Å²) in [6.07, 6.45) is 8.72. The van der Waals surface area contributed by atoms with Crippen LogP contribution in [0.2, 0.25) is 0 Å². The van der Waals surface area contributed by atoms with Gasteiger partial charge in [0.25, 0.3) is 0 Å². The van der Waals surface area contributed by atoms with Crippen LogP contribution in [0.3, 0.4) is 0 Å². The molecule has 1 aliphatic rings. The van der Waals surface area contributed by atoms with Crippen LogP contribution >= 0.6 is 0 Å². The number of hydrogen-bond donors (Lipinski definition) is 0. The summed E-state index contributed by atoms with van der Waals surface area (Å²) >= 11 is 0. The van der Waals surface area contributed by atoms with Crippen LogP contribution in [0, 0.1) is 11.8 Å². The van der Waals surface area contributed by atoms with Crippen molar-refractivity contribution in [2.24, 2.45) is 11.8 Å². The summed E-state index contributed by atoms with van der Waals surface area (Å²) < 4.78 is 0. The Morgan fingerprint density at radius 3 is 2.64 bits per heavy atom. The topological polar surface area (TPSA) is 12.9 Å². The van der Waals surface area contributed by atoms with Gasteiger partial charge in [0.15, 0.2) is 0 Å². The summed E-state index contributed by atoms with van der Waals surface area (Å²) in [5, 5.41) is 0. The fourth-order valence-corrected chi connectivity index (χ4v) is 2.35. The predicted molar refractivity (Wildman–Crippen MR) is 59.1 cm³/mol. The van der Waals surface area contributed by atoms with Gasteiger partial charge in [0.1, 0.15) is 0 Å². The van der Waals surface area contributed by atoms with Crippen LogP contribution in [0.15, 0.2) is 24.4 Å². The largest absolute Gasteiger partial charge is 0.261 e. The van der Waals surface area contributed by atoms with E-state index >= 15 is 0 Å². The third-order valence-electron chi connectivity index (χ3n) is 3.36. The van der Waals surface area contributed by atoms with Crippen LogP contribution in [-0.2, 0) is 6.42 Å². The van der Waals surface area contributed by atoms with Crippen LogP contribution in [0.4, 0.5) is 0 Å². The Kier molecular flexibility index (Phi) is 3.18. The molecule has 0 radical (unpaired) electrons. The molecule has 1 aromatic rings. The lowest BCUT2D eigenvalue weighted by Gasteiger charge is -2.25. The predicted octanol–water partition coefficient (Wildman–Crippen LogP) is 3.45. The highest BCUT2D eigenvalue weighted by Gasteiger charge is 2.18. The molecule has 1 aliphatic carbocycles. The van der Waals surface area contributed by atoms with E-state index in [0.717, 1.165) is 11.8 Å². The second-order valence-electron chi connectivity index (χ2n) is 4.65. The SMILES string of the molecule is CC1CCC(Cc2ccccn2)CC1. The van der Waals surface area contributed by atoms with Crippen LogP contribution in [0.1, 0.15) is 38.3 Å².